The molecule has 0 saturated carbocycles. The summed E-state index contributed by atoms with van der Waals surface area (Å²) in [6.07, 6.45) is 0. The Kier molecular flexibility index (Phi) is 8.57. The number of hydrogen-bond acceptors (Lipinski definition) is 7. The summed E-state index contributed by atoms with van der Waals surface area (Å²) < 4.78 is 0. The topological polar surface area (TPSA) is 120 Å². The van der Waals surface area contributed by atoms with E-state index >= 15 is 0 Å². The predicted octanol–water partition coefficient (Wildman–Crippen LogP) is 5.28. The Morgan fingerprint density at radius 2 is 1.58 bits per heavy atom. The van der Waals surface area contributed by atoms with Crippen molar-refractivity contribution in [3.05, 3.63) is 97.5 Å². The summed E-state index contributed by atoms with van der Waals surface area (Å²) >= 11 is 8.34. The molecule has 2 aromatic carbocycles. The predicted molar refractivity (Wildman–Crippen MR) is 151 cm³/mol. The van der Waals surface area contributed by atoms with Crippen LogP contribution < -0.4 is 16.1 Å². The Bertz CT molecular complexity index is 1510. The van der Waals surface area contributed by atoms with Gasteiger partial charge in [0.05, 0.1) is 25.9 Å². The van der Waals surface area contributed by atoms with Crippen molar-refractivity contribution in [3.63, 3.8) is 0 Å². The van der Waals surface area contributed by atoms with E-state index in [4.69, 9.17) is 11.6 Å². The Morgan fingerprint density at radius 3 is 2.24 bits per heavy atom. The van der Waals surface area contributed by atoms with Crippen LogP contribution >= 0.6 is 34.3 Å². The molecule has 0 saturated heterocycles. The molecule has 0 fully saturated rings. The highest BCUT2D eigenvalue weighted by Gasteiger charge is 2.17. The molecule has 4 N–H and O–H groups in total. The number of halogens is 1. The van der Waals surface area contributed by atoms with Crippen molar-refractivity contribution in [2.45, 2.75) is 13.5 Å². The van der Waals surface area contributed by atoms with Gasteiger partial charge in [-0.25, -0.2) is 5.43 Å². The molecule has 4 rings (SSSR count). The number of carbonyl (C=O) groups is 3. The summed E-state index contributed by atoms with van der Waals surface area (Å²) in [6, 6.07) is 17.2. The highest BCUT2D eigenvalue weighted by atomic mass is 35.5. The quantitative estimate of drug-likeness (QED) is 0.171. The third-order valence-electron chi connectivity index (χ3n) is 5.54. The number of amides is 3. The van der Waals surface area contributed by atoms with Crippen molar-refractivity contribution in [2.75, 3.05) is 7.05 Å². The van der Waals surface area contributed by atoms with Gasteiger partial charge in [-0.05, 0) is 54.4 Å². The van der Waals surface area contributed by atoms with E-state index in [9.17, 15) is 19.5 Å². The average Bonchev–Trinajstić information content (AvgIpc) is 3.58. The van der Waals surface area contributed by atoms with Gasteiger partial charge >= 0.3 is 0 Å². The third kappa shape index (κ3) is 6.28. The van der Waals surface area contributed by atoms with Crippen LogP contribution in [-0.2, 0) is 6.54 Å². The minimum absolute atomic E-state index is 0.0752. The van der Waals surface area contributed by atoms with E-state index in [1.54, 1.807) is 67.9 Å². The van der Waals surface area contributed by atoms with Gasteiger partial charge in [-0.3, -0.25) is 14.4 Å². The van der Waals surface area contributed by atoms with E-state index in [-0.39, 0.29) is 24.1 Å². The van der Waals surface area contributed by atoms with Gasteiger partial charge in [0.15, 0.2) is 0 Å². The minimum atomic E-state index is -0.467. The molecule has 8 nitrogen and oxygen atoms in total. The zero-order valence-corrected chi connectivity index (χ0v) is 22.8. The molecule has 0 bridgehead atoms. The van der Waals surface area contributed by atoms with E-state index in [1.165, 1.54) is 11.3 Å². The van der Waals surface area contributed by atoms with Crippen molar-refractivity contribution in [2.24, 2.45) is 5.10 Å². The SMILES string of the molecule is CNC(=O)c1ccc(CNC(=O)c2ccc(C(=O)NN=C(C)c3csc(-c4ccc(Cl)cc4)c3O)s2)cc1. The monoisotopic (exact) mass is 566 g/mol. The molecule has 0 spiro atoms. The number of carbonyl (C=O) groups excluding carboxylic acids is 3. The number of nitrogens with zero attached hydrogens (tertiary/aromatic N) is 1. The summed E-state index contributed by atoms with van der Waals surface area (Å²) in [5.74, 6) is -0.890. The second kappa shape index (κ2) is 12.0. The largest absolute Gasteiger partial charge is 0.506 e. The molecule has 0 radical (unpaired) electrons. The molecule has 38 heavy (non-hydrogen) atoms. The van der Waals surface area contributed by atoms with Gasteiger partial charge < -0.3 is 15.7 Å². The molecule has 0 aliphatic carbocycles. The minimum Gasteiger partial charge on any atom is -0.506 e. The molecule has 0 atom stereocenters. The van der Waals surface area contributed by atoms with Crippen molar-refractivity contribution < 1.29 is 19.5 Å². The fraction of sp³-hybridized carbons (Fsp3) is 0.111. The number of aromatic hydroxyl groups is 1. The first-order chi connectivity index (χ1) is 18.3. The number of rotatable bonds is 8. The molecule has 2 heterocycles. The lowest BCUT2D eigenvalue weighted by Crippen LogP contribution is -2.22. The smallest absolute Gasteiger partial charge is 0.281 e. The Hall–Kier alpha value is -3.99. The fourth-order valence-electron chi connectivity index (χ4n) is 3.43. The van der Waals surface area contributed by atoms with Crippen molar-refractivity contribution >= 4 is 57.7 Å². The first-order valence-electron chi connectivity index (χ1n) is 11.4. The van der Waals surface area contributed by atoms with Crippen LogP contribution in [-0.4, -0.2) is 35.6 Å². The van der Waals surface area contributed by atoms with Crippen LogP contribution in [0.3, 0.4) is 0 Å². The van der Waals surface area contributed by atoms with Gasteiger partial charge in [-0.1, -0.05) is 35.9 Å². The first-order valence-corrected chi connectivity index (χ1v) is 13.4. The highest BCUT2D eigenvalue weighted by Crippen LogP contribution is 2.39. The van der Waals surface area contributed by atoms with Gasteiger partial charge in [0, 0.05) is 29.6 Å². The van der Waals surface area contributed by atoms with Crippen LogP contribution in [0.5, 0.6) is 5.75 Å². The van der Waals surface area contributed by atoms with Crippen LogP contribution in [0.1, 0.15) is 47.8 Å². The second-order valence-electron chi connectivity index (χ2n) is 8.09. The van der Waals surface area contributed by atoms with Gasteiger partial charge in [0.1, 0.15) is 5.75 Å². The zero-order chi connectivity index (χ0) is 27.2. The van der Waals surface area contributed by atoms with Crippen LogP contribution in [0.15, 0.2) is 71.1 Å². The summed E-state index contributed by atoms with van der Waals surface area (Å²) in [7, 11) is 1.56. The molecule has 0 aliphatic rings. The summed E-state index contributed by atoms with van der Waals surface area (Å²) in [5.41, 5.74) is 5.62. The molecular formula is C27H23ClN4O4S2. The lowest BCUT2D eigenvalue weighted by atomic mass is 10.1. The van der Waals surface area contributed by atoms with E-state index in [0.29, 0.717) is 36.5 Å². The Balaban J connectivity index is 1.35. The number of nitrogens with one attached hydrogen (secondary N) is 3. The molecular weight excluding hydrogens is 544 g/mol. The number of hydrazone groups is 1. The van der Waals surface area contributed by atoms with Gasteiger partial charge in [-0.2, -0.15) is 5.10 Å². The van der Waals surface area contributed by atoms with E-state index < -0.39 is 5.91 Å². The Labute approximate surface area is 232 Å². The fourth-order valence-corrected chi connectivity index (χ4v) is 5.38. The molecule has 0 unspecified atom stereocenters. The average molecular weight is 567 g/mol. The van der Waals surface area contributed by atoms with E-state index in [1.807, 2.05) is 12.1 Å². The third-order valence-corrected chi connectivity index (χ3v) is 7.89. The summed E-state index contributed by atoms with van der Waals surface area (Å²) in [5, 5.41) is 22.5. The van der Waals surface area contributed by atoms with E-state index in [2.05, 4.69) is 21.2 Å². The molecule has 11 heteroatoms. The highest BCUT2D eigenvalue weighted by molar-refractivity contribution is 7.16. The van der Waals surface area contributed by atoms with Crippen LogP contribution in [0.4, 0.5) is 0 Å². The maximum absolute atomic E-state index is 12.6. The number of benzene rings is 2. The first kappa shape index (κ1) is 27.1. The zero-order valence-electron chi connectivity index (χ0n) is 20.4. The van der Waals surface area contributed by atoms with Crippen molar-refractivity contribution in [1.82, 2.24) is 16.1 Å². The lowest BCUT2D eigenvalue weighted by molar-refractivity contribution is 0.0948. The summed E-state index contributed by atoms with van der Waals surface area (Å²) in [6.45, 7) is 1.96. The molecule has 2 aromatic heterocycles. The second-order valence-corrected chi connectivity index (χ2v) is 10.5. The maximum atomic E-state index is 12.6. The van der Waals surface area contributed by atoms with Crippen LogP contribution in [0.2, 0.25) is 5.02 Å². The molecule has 4 aromatic rings. The van der Waals surface area contributed by atoms with E-state index in [0.717, 1.165) is 22.5 Å². The molecule has 194 valence electrons. The standard InChI is InChI=1S/C27H23ClN4O4S2/c1-15(20-14-37-24(23(20)33)17-7-9-19(28)10-8-17)31-32-27(36)22-12-11-21(38-22)26(35)30-13-16-3-5-18(6-4-16)25(34)29-2/h3-12,14,33H,13H2,1-2H3,(H,29,34)(H,30,35)(H,32,36). The maximum Gasteiger partial charge on any atom is 0.281 e. The van der Waals surface area contributed by atoms with Gasteiger partial charge in [0.25, 0.3) is 17.7 Å². The molecule has 3 amide bonds. The van der Waals surface area contributed by atoms with Gasteiger partial charge in [-0.15, -0.1) is 22.7 Å². The van der Waals surface area contributed by atoms with Crippen molar-refractivity contribution in [1.29, 1.82) is 0 Å². The van der Waals surface area contributed by atoms with Crippen LogP contribution in [0, 0.1) is 0 Å². The van der Waals surface area contributed by atoms with Crippen LogP contribution in [0.25, 0.3) is 10.4 Å². The molecule has 0 aliphatic heterocycles. The normalized spacial score (nSPS) is 11.2. The lowest BCUT2D eigenvalue weighted by Gasteiger charge is -2.05. The Morgan fingerprint density at radius 1 is 0.921 bits per heavy atom. The summed E-state index contributed by atoms with van der Waals surface area (Å²) in [4.78, 5) is 38.2. The number of hydrogen-bond donors (Lipinski definition) is 4. The van der Waals surface area contributed by atoms with Crippen molar-refractivity contribution in [3.8, 4) is 16.2 Å². The number of thiophene rings is 2. The van der Waals surface area contributed by atoms with Gasteiger partial charge in [0.2, 0.25) is 0 Å².